The van der Waals surface area contributed by atoms with Crippen LogP contribution in [0, 0.1) is 24.2 Å². The number of ether oxygens (including phenoxy) is 3. The van der Waals surface area contributed by atoms with E-state index in [1.54, 1.807) is 20.1 Å². The van der Waals surface area contributed by atoms with Gasteiger partial charge in [0.15, 0.2) is 0 Å². The van der Waals surface area contributed by atoms with Gasteiger partial charge in [-0.3, -0.25) is 0 Å². The van der Waals surface area contributed by atoms with Crippen molar-refractivity contribution in [3.8, 4) is 28.7 Å². The summed E-state index contributed by atoms with van der Waals surface area (Å²) in [5, 5.41) is 9.93. The molecule has 3 aromatic rings. The second kappa shape index (κ2) is 7.99. The number of hydrogen-bond acceptors (Lipinski definition) is 6. The van der Waals surface area contributed by atoms with Gasteiger partial charge in [-0.05, 0) is 42.8 Å². The van der Waals surface area contributed by atoms with Crippen molar-refractivity contribution in [1.29, 1.82) is 5.26 Å². The van der Waals surface area contributed by atoms with Gasteiger partial charge >= 0.3 is 0 Å². The summed E-state index contributed by atoms with van der Waals surface area (Å²) in [6.07, 6.45) is 1.47. The molecular formula is C26H20FN3O3. The van der Waals surface area contributed by atoms with Gasteiger partial charge in [-0.25, -0.2) is 4.98 Å². The lowest BCUT2D eigenvalue weighted by molar-refractivity contribution is 0.294. The number of aryl methyl sites for hydroxylation is 1. The van der Waals surface area contributed by atoms with Crippen molar-refractivity contribution in [3.05, 3.63) is 94.4 Å². The van der Waals surface area contributed by atoms with Crippen LogP contribution < -0.4 is 15.2 Å². The zero-order valence-electron chi connectivity index (χ0n) is 18.1. The summed E-state index contributed by atoms with van der Waals surface area (Å²) in [5.41, 5.74) is 10.8. The van der Waals surface area contributed by atoms with Gasteiger partial charge in [0.25, 0.3) is 0 Å². The van der Waals surface area contributed by atoms with E-state index in [1.807, 2.05) is 42.5 Å². The molecule has 6 nitrogen and oxygen atoms in total. The molecule has 0 radical (unpaired) electrons. The molecule has 0 bridgehead atoms. The Kier molecular flexibility index (Phi) is 4.98. The third kappa shape index (κ3) is 3.37. The van der Waals surface area contributed by atoms with Crippen LogP contribution in [0.1, 0.15) is 22.6 Å². The van der Waals surface area contributed by atoms with Gasteiger partial charge in [0, 0.05) is 28.5 Å². The van der Waals surface area contributed by atoms with Crippen LogP contribution in [0.3, 0.4) is 0 Å². The number of benzene rings is 2. The molecule has 0 amide bonds. The first-order valence-electron chi connectivity index (χ1n) is 10.3. The Morgan fingerprint density at radius 1 is 1.18 bits per heavy atom. The first-order chi connectivity index (χ1) is 16.0. The molecule has 1 aromatic heterocycles. The highest BCUT2D eigenvalue weighted by Gasteiger charge is 2.37. The number of pyridine rings is 1. The summed E-state index contributed by atoms with van der Waals surface area (Å²) in [5.74, 6) is 0.990. The molecule has 0 spiro atoms. The SMILES string of the molecule is COc1ccc(C2C(C#N)=C(N)OC3=C2COc2ccccc23)cc1-c1cnc(F)c(C)c1. The Balaban J connectivity index is 1.70. The van der Waals surface area contributed by atoms with Gasteiger partial charge in [-0.2, -0.15) is 9.65 Å². The van der Waals surface area contributed by atoms with E-state index in [-0.39, 0.29) is 12.5 Å². The summed E-state index contributed by atoms with van der Waals surface area (Å²) >= 11 is 0. The van der Waals surface area contributed by atoms with E-state index in [4.69, 9.17) is 19.9 Å². The molecule has 2 N–H and O–H groups in total. The number of fused-ring (bicyclic) bond motifs is 2. The van der Waals surface area contributed by atoms with Crippen LogP contribution in [0.4, 0.5) is 4.39 Å². The van der Waals surface area contributed by atoms with Crippen molar-refractivity contribution >= 4 is 5.76 Å². The van der Waals surface area contributed by atoms with Crippen molar-refractivity contribution in [3.63, 3.8) is 0 Å². The predicted octanol–water partition coefficient (Wildman–Crippen LogP) is 4.82. The summed E-state index contributed by atoms with van der Waals surface area (Å²) in [7, 11) is 1.57. The molecule has 3 heterocycles. The van der Waals surface area contributed by atoms with Gasteiger partial charge in [0.1, 0.15) is 35.5 Å². The van der Waals surface area contributed by atoms with Gasteiger partial charge in [0.05, 0.1) is 18.6 Å². The van der Waals surface area contributed by atoms with Crippen molar-refractivity contribution in [2.45, 2.75) is 12.8 Å². The molecule has 0 aliphatic carbocycles. The minimum Gasteiger partial charge on any atom is -0.496 e. The predicted molar refractivity (Wildman–Crippen MR) is 120 cm³/mol. The molecule has 164 valence electrons. The molecule has 2 aliphatic rings. The van der Waals surface area contributed by atoms with E-state index < -0.39 is 11.9 Å². The lowest BCUT2D eigenvalue weighted by Gasteiger charge is -2.33. The van der Waals surface area contributed by atoms with Crippen molar-refractivity contribution in [1.82, 2.24) is 4.98 Å². The fourth-order valence-electron chi connectivity index (χ4n) is 4.31. The monoisotopic (exact) mass is 441 g/mol. The molecule has 0 saturated heterocycles. The Morgan fingerprint density at radius 2 is 2.00 bits per heavy atom. The number of methoxy groups -OCH3 is 1. The van der Waals surface area contributed by atoms with Gasteiger partial charge in [0.2, 0.25) is 11.8 Å². The highest BCUT2D eigenvalue weighted by molar-refractivity contribution is 5.77. The van der Waals surface area contributed by atoms with Crippen LogP contribution in [-0.2, 0) is 4.74 Å². The van der Waals surface area contributed by atoms with Gasteiger partial charge in [-0.1, -0.05) is 18.2 Å². The fourth-order valence-corrected chi connectivity index (χ4v) is 4.31. The maximum Gasteiger partial charge on any atom is 0.215 e. The summed E-state index contributed by atoms with van der Waals surface area (Å²) in [6, 6.07) is 17.1. The maximum absolute atomic E-state index is 13.8. The number of para-hydroxylation sites is 1. The zero-order valence-corrected chi connectivity index (χ0v) is 18.1. The van der Waals surface area contributed by atoms with Crippen molar-refractivity contribution in [2.75, 3.05) is 13.7 Å². The molecule has 33 heavy (non-hydrogen) atoms. The molecule has 0 saturated carbocycles. The van der Waals surface area contributed by atoms with Crippen LogP contribution in [0.5, 0.6) is 11.5 Å². The van der Waals surface area contributed by atoms with Crippen LogP contribution in [0.25, 0.3) is 16.9 Å². The Bertz CT molecular complexity index is 1390. The smallest absolute Gasteiger partial charge is 0.215 e. The number of allylic oxidation sites excluding steroid dienone is 1. The molecule has 5 rings (SSSR count). The molecule has 2 aromatic carbocycles. The van der Waals surface area contributed by atoms with Crippen LogP contribution in [0.15, 0.2) is 71.8 Å². The van der Waals surface area contributed by atoms with Gasteiger partial charge < -0.3 is 19.9 Å². The summed E-state index contributed by atoms with van der Waals surface area (Å²) in [6.45, 7) is 1.92. The fraction of sp³-hybridized carbons (Fsp3) is 0.154. The largest absolute Gasteiger partial charge is 0.496 e. The summed E-state index contributed by atoms with van der Waals surface area (Å²) in [4.78, 5) is 3.85. The van der Waals surface area contributed by atoms with E-state index in [9.17, 15) is 9.65 Å². The number of nitrogens with two attached hydrogens (primary N) is 1. The second-order valence-electron chi connectivity index (χ2n) is 7.86. The van der Waals surface area contributed by atoms with E-state index >= 15 is 0 Å². The molecule has 1 atom stereocenters. The number of rotatable bonds is 3. The second-order valence-corrected chi connectivity index (χ2v) is 7.86. The number of aromatic nitrogens is 1. The highest BCUT2D eigenvalue weighted by Crippen LogP contribution is 2.47. The van der Waals surface area contributed by atoms with E-state index in [1.165, 1.54) is 6.20 Å². The topological polar surface area (TPSA) is 90.4 Å². The van der Waals surface area contributed by atoms with Crippen LogP contribution in [-0.4, -0.2) is 18.7 Å². The molecule has 2 aliphatic heterocycles. The summed E-state index contributed by atoms with van der Waals surface area (Å²) < 4.78 is 31.2. The average Bonchev–Trinajstić information content (AvgIpc) is 2.84. The number of halogens is 1. The van der Waals surface area contributed by atoms with E-state index in [2.05, 4.69) is 11.1 Å². The number of nitriles is 1. The van der Waals surface area contributed by atoms with Gasteiger partial charge in [-0.15, -0.1) is 0 Å². The Morgan fingerprint density at radius 3 is 2.76 bits per heavy atom. The lowest BCUT2D eigenvalue weighted by Crippen LogP contribution is -2.26. The highest BCUT2D eigenvalue weighted by atomic mass is 19.1. The first-order valence-corrected chi connectivity index (χ1v) is 10.3. The molecular weight excluding hydrogens is 421 g/mol. The van der Waals surface area contributed by atoms with Crippen LogP contribution in [0.2, 0.25) is 0 Å². The minimum absolute atomic E-state index is 0.0645. The van der Waals surface area contributed by atoms with Crippen molar-refractivity contribution in [2.24, 2.45) is 5.73 Å². The maximum atomic E-state index is 13.8. The first kappa shape index (κ1) is 20.6. The molecule has 7 heteroatoms. The minimum atomic E-state index is -0.520. The molecule has 1 unspecified atom stereocenters. The normalized spacial score (nSPS) is 16.8. The third-order valence-corrected chi connectivity index (χ3v) is 5.92. The quantitative estimate of drug-likeness (QED) is 0.587. The van der Waals surface area contributed by atoms with Crippen LogP contribution >= 0.6 is 0 Å². The Labute approximate surface area is 190 Å². The Hall–Kier alpha value is -4.31. The zero-order chi connectivity index (χ0) is 23.1. The average molecular weight is 441 g/mol. The standard InChI is InChI=1S/C26H20FN3O3/c1-14-9-16(12-30-25(14)27)18-10-15(7-8-21(18)31-2)23-19(11-28)26(29)33-24-17-5-3-4-6-22(17)32-13-20(23)24/h3-10,12,23H,13,29H2,1-2H3. The number of hydrogen-bond donors (Lipinski definition) is 1. The molecule has 0 fully saturated rings. The third-order valence-electron chi connectivity index (χ3n) is 5.92. The lowest BCUT2D eigenvalue weighted by atomic mass is 9.80. The number of nitrogens with zero attached hydrogens (tertiary/aromatic N) is 2. The van der Waals surface area contributed by atoms with E-state index in [0.717, 1.165) is 22.3 Å². The van der Waals surface area contributed by atoms with E-state index in [0.29, 0.717) is 34.0 Å². The van der Waals surface area contributed by atoms with Crippen molar-refractivity contribution < 1.29 is 18.6 Å².